The van der Waals surface area contributed by atoms with Crippen LogP contribution in [0.2, 0.25) is 0 Å². The SMILES string of the molecule is COCCOCCNC(C)C1CCCO1. The summed E-state index contributed by atoms with van der Waals surface area (Å²) in [4.78, 5) is 0. The highest BCUT2D eigenvalue weighted by Gasteiger charge is 2.21. The molecule has 4 heteroatoms. The van der Waals surface area contributed by atoms with Crippen LogP contribution in [0.5, 0.6) is 0 Å². The molecule has 15 heavy (non-hydrogen) atoms. The maximum atomic E-state index is 5.59. The Balaban J connectivity index is 1.90. The van der Waals surface area contributed by atoms with Crippen LogP contribution in [0.4, 0.5) is 0 Å². The first-order valence-electron chi connectivity index (χ1n) is 5.76. The summed E-state index contributed by atoms with van der Waals surface area (Å²) in [7, 11) is 1.68. The Bertz CT molecular complexity index is 149. The maximum Gasteiger partial charge on any atom is 0.0726 e. The fourth-order valence-electron chi connectivity index (χ4n) is 1.73. The number of rotatable bonds is 8. The van der Waals surface area contributed by atoms with Crippen molar-refractivity contribution in [1.82, 2.24) is 5.32 Å². The molecule has 1 fully saturated rings. The van der Waals surface area contributed by atoms with E-state index in [0.717, 1.165) is 19.8 Å². The average molecular weight is 217 g/mol. The molecule has 0 aliphatic carbocycles. The molecule has 0 aromatic rings. The maximum absolute atomic E-state index is 5.59. The highest BCUT2D eigenvalue weighted by Crippen LogP contribution is 2.14. The number of methoxy groups -OCH3 is 1. The van der Waals surface area contributed by atoms with Gasteiger partial charge < -0.3 is 19.5 Å². The predicted octanol–water partition coefficient (Wildman–Crippen LogP) is 0.806. The lowest BCUT2D eigenvalue weighted by molar-refractivity contribution is 0.0607. The minimum Gasteiger partial charge on any atom is -0.382 e. The lowest BCUT2D eigenvalue weighted by Gasteiger charge is -2.19. The van der Waals surface area contributed by atoms with Crippen molar-refractivity contribution >= 4 is 0 Å². The van der Waals surface area contributed by atoms with Crippen LogP contribution in [0.1, 0.15) is 19.8 Å². The van der Waals surface area contributed by atoms with Gasteiger partial charge in [-0.2, -0.15) is 0 Å². The molecule has 1 rings (SSSR count). The van der Waals surface area contributed by atoms with Crippen LogP contribution < -0.4 is 5.32 Å². The molecular formula is C11H23NO3. The summed E-state index contributed by atoms with van der Waals surface area (Å²) in [6.07, 6.45) is 2.77. The molecule has 0 amide bonds. The smallest absolute Gasteiger partial charge is 0.0726 e. The van der Waals surface area contributed by atoms with E-state index in [-0.39, 0.29) is 0 Å². The topological polar surface area (TPSA) is 39.7 Å². The summed E-state index contributed by atoms with van der Waals surface area (Å²) in [6, 6.07) is 0.429. The number of hydrogen-bond donors (Lipinski definition) is 1. The third-order valence-electron chi connectivity index (χ3n) is 2.67. The van der Waals surface area contributed by atoms with Crippen LogP contribution in [0.25, 0.3) is 0 Å². The van der Waals surface area contributed by atoms with E-state index in [1.54, 1.807) is 7.11 Å². The van der Waals surface area contributed by atoms with Crippen LogP contribution in [-0.2, 0) is 14.2 Å². The van der Waals surface area contributed by atoms with Gasteiger partial charge in [0, 0.05) is 26.3 Å². The van der Waals surface area contributed by atoms with Gasteiger partial charge in [-0.05, 0) is 19.8 Å². The van der Waals surface area contributed by atoms with Gasteiger partial charge in [-0.15, -0.1) is 0 Å². The quantitative estimate of drug-likeness (QED) is 0.611. The van der Waals surface area contributed by atoms with Gasteiger partial charge in [0.25, 0.3) is 0 Å². The van der Waals surface area contributed by atoms with E-state index in [2.05, 4.69) is 12.2 Å². The fourth-order valence-corrected chi connectivity index (χ4v) is 1.73. The van der Waals surface area contributed by atoms with E-state index in [0.29, 0.717) is 25.4 Å². The second kappa shape index (κ2) is 8.05. The van der Waals surface area contributed by atoms with Crippen molar-refractivity contribution in [2.75, 3.05) is 40.1 Å². The molecule has 1 saturated heterocycles. The number of nitrogens with one attached hydrogen (secondary N) is 1. The minimum absolute atomic E-state index is 0.393. The highest BCUT2D eigenvalue weighted by atomic mass is 16.5. The minimum atomic E-state index is 0.393. The Morgan fingerprint density at radius 3 is 2.93 bits per heavy atom. The Morgan fingerprint density at radius 2 is 2.27 bits per heavy atom. The lowest BCUT2D eigenvalue weighted by Crippen LogP contribution is -2.38. The van der Waals surface area contributed by atoms with E-state index >= 15 is 0 Å². The molecule has 0 radical (unpaired) electrons. The van der Waals surface area contributed by atoms with Crippen molar-refractivity contribution in [3.05, 3.63) is 0 Å². The van der Waals surface area contributed by atoms with Crippen molar-refractivity contribution in [2.45, 2.75) is 31.9 Å². The van der Waals surface area contributed by atoms with Crippen LogP contribution >= 0.6 is 0 Å². The second-order valence-electron chi connectivity index (χ2n) is 3.90. The van der Waals surface area contributed by atoms with Gasteiger partial charge in [0.2, 0.25) is 0 Å². The molecule has 0 bridgehead atoms. The molecule has 0 saturated carbocycles. The van der Waals surface area contributed by atoms with Crippen molar-refractivity contribution < 1.29 is 14.2 Å². The normalized spacial score (nSPS) is 23.2. The van der Waals surface area contributed by atoms with Gasteiger partial charge in [0.1, 0.15) is 0 Å². The fraction of sp³-hybridized carbons (Fsp3) is 1.00. The first kappa shape index (κ1) is 12.9. The summed E-state index contributed by atoms with van der Waals surface area (Å²) in [6.45, 7) is 6.05. The molecule has 2 atom stereocenters. The molecular weight excluding hydrogens is 194 g/mol. The van der Waals surface area contributed by atoms with E-state index < -0.39 is 0 Å². The molecule has 0 aromatic heterocycles. The van der Waals surface area contributed by atoms with Crippen LogP contribution in [0, 0.1) is 0 Å². The summed E-state index contributed by atoms with van der Waals surface area (Å²) in [5.41, 5.74) is 0. The first-order chi connectivity index (χ1) is 7.34. The Morgan fingerprint density at radius 1 is 1.40 bits per heavy atom. The Hall–Kier alpha value is -0.160. The summed E-state index contributed by atoms with van der Waals surface area (Å²) < 4.78 is 15.8. The van der Waals surface area contributed by atoms with Crippen LogP contribution in [0.3, 0.4) is 0 Å². The van der Waals surface area contributed by atoms with Crippen LogP contribution in [0.15, 0.2) is 0 Å². The molecule has 4 nitrogen and oxygen atoms in total. The van der Waals surface area contributed by atoms with Gasteiger partial charge >= 0.3 is 0 Å². The van der Waals surface area contributed by atoms with Crippen molar-refractivity contribution in [1.29, 1.82) is 0 Å². The van der Waals surface area contributed by atoms with E-state index in [1.807, 2.05) is 0 Å². The summed E-state index contributed by atoms with van der Waals surface area (Å²) in [5.74, 6) is 0. The predicted molar refractivity (Wildman–Crippen MR) is 59.1 cm³/mol. The van der Waals surface area contributed by atoms with Gasteiger partial charge in [-0.3, -0.25) is 0 Å². The van der Waals surface area contributed by atoms with Gasteiger partial charge in [0.05, 0.1) is 25.9 Å². The zero-order valence-corrected chi connectivity index (χ0v) is 9.83. The standard InChI is InChI=1S/C11H23NO3/c1-10(11-4-3-6-15-11)12-5-7-14-9-8-13-2/h10-12H,3-9H2,1-2H3. The zero-order chi connectivity index (χ0) is 10.9. The zero-order valence-electron chi connectivity index (χ0n) is 9.83. The Labute approximate surface area is 92.3 Å². The van der Waals surface area contributed by atoms with Gasteiger partial charge in [-0.1, -0.05) is 0 Å². The first-order valence-corrected chi connectivity index (χ1v) is 5.76. The van der Waals surface area contributed by atoms with E-state index in [9.17, 15) is 0 Å². The monoisotopic (exact) mass is 217 g/mol. The van der Waals surface area contributed by atoms with Crippen LogP contribution in [-0.4, -0.2) is 52.2 Å². The molecule has 0 spiro atoms. The average Bonchev–Trinajstić information content (AvgIpc) is 2.76. The lowest BCUT2D eigenvalue weighted by atomic mass is 10.1. The summed E-state index contributed by atoms with van der Waals surface area (Å²) >= 11 is 0. The Kier molecular flexibility index (Phi) is 6.92. The van der Waals surface area contributed by atoms with E-state index in [4.69, 9.17) is 14.2 Å². The molecule has 1 aliphatic rings. The number of ether oxygens (including phenoxy) is 3. The third-order valence-corrected chi connectivity index (χ3v) is 2.67. The molecule has 1 N–H and O–H groups in total. The molecule has 0 aromatic carbocycles. The molecule has 1 aliphatic heterocycles. The largest absolute Gasteiger partial charge is 0.382 e. The van der Waals surface area contributed by atoms with Gasteiger partial charge in [0.15, 0.2) is 0 Å². The van der Waals surface area contributed by atoms with Gasteiger partial charge in [-0.25, -0.2) is 0 Å². The van der Waals surface area contributed by atoms with Crippen molar-refractivity contribution in [3.8, 4) is 0 Å². The third kappa shape index (κ3) is 5.47. The highest BCUT2D eigenvalue weighted by molar-refractivity contribution is 4.76. The second-order valence-corrected chi connectivity index (χ2v) is 3.90. The number of hydrogen-bond acceptors (Lipinski definition) is 4. The van der Waals surface area contributed by atoms with E-state index in [1.165, 1.54) is 12.8 Å². The summed E-state index contributed by atoms with van der Waals surface area (Å²) in [5, 5.41) is 3.41. The van der Waals surface area contributed by atoms with Crippen molar-refractivity contribution in [2.24, 2.45) is 0 Å². The molecule has 2 unspecified atom stereocenters. The van der Waals surface area contributed by atoms with Crippen molar-refractivity contribution in [3.63, 3.8) is 0 Å². The molecule has 1 heterocycles. The molecule has 90 valence electrons.